The number of hydrogen-bond acceptors (Lipinski definition) is 4. The lowest BCUT2D eigenvalue weighted by Gasteiger charge is -2.25. The fraction of sp³-hybridized carbons (Fsp3) is 0.625. The summed E-state index contributed by atoms with van der Waals surface area (Å²) < 4.78 is 48.4. The second-order valence-corrected chi connectivity index (χ2v) is 32.8. The van der Waals surface area contributed by atoms with Crippen LogP contribution in [-0.4, -0.2) is 44.7 Å². The number of nitrogens with zero attached hydrogens (tertiary/aromatic N) is 8. The van der Waals surface area contributed by atoms with E-state index in [4.69, 9.17) is 18.9 Å². The molecule has 16 heteroatoms. The molecule has 1 aliphatic carbocycles. The highest BCUT2D eigenvalue weighted by molar-refractivity contribution is 5.59. The van der Waals surface area contributed by atoms with Gasteiger partial charge in [0.2, 0.25) is 25.3 Å². The highest BCUT2D eigenvalue weighted by Gasteiger charge is 2.27. The second-order valence-electron chi connectivity index (χ2n) is 32.8. The Kier molecular flexibility index (Phi) is 48.7. The summed E-state index contributed by atoms with van der Waals surface area (Å²) in [6.07, 6.45) is 80.1. The van der Waals surface area contributed by atoms with Crippen molar-refractivity contribution >= 4 is 0 Å². The van der Waals surface area contributed by atoms with E-state index >= 15 is 0 Å². The third-order valence-corrected chi connectivity index (χ3v) is 22.5. The minimum atomic E-state index is 0. The summed E-state index contributed by atoms with van der Waals surface area (Å²) in [5.41, 5.74) is 14.8. The van der Waals surface area contributed by atoms with Crippen LogP contribution in [0.1, 0.15) is 351 Å². The van der Waals surface area contributed by atoms with Crippen LogP contribution < -0.4 is 86.8 Å². The molecule has 0 N–H and O–H groups in total. The van der Waals surface area contributed by atoms with E-state index < -0.39 is 0 Å². The highest BCUT2D eigenvalue weighted by atomic mass is 35.5. The quantitative estimate of drug-likeness (QED) is 0.0281. The second kappa shape index (κ2) is 56.4. The minimum Gasteiger partial charge on any atom is -1.00 e. The molecule has 8 aromatic rings. The molecule has 8 bridgehead atoms. The molecule has 0 radical (unpaired) electrons. The molecule has 4 aromatic heterocycles. The molecule has 0 atom stereocenters. The van der Waals surface area contributed by atoms with E-state index in [1.807, 2.05) is 0 Å². The number of ether oxygens (including phenoxy) is 4. The van der Waals surface area contributed by atoms with Crippen molar-refractivity contribution in [2.24, 2.45) is 28.2 Å². The number of hydrogen-bond donors (Lipinski definition) is 0. The summed E-state index contributed by atoms with van der Waals surface area (Å²) in [7, 11) is 8.52. The van der Waals surface area contributed by atoms with E-state index in [9.17, 15) is 0 Å². The van der Waals surface area contributed by atoms with Crippen molar-refractivity contribution in [2.75, 3.05) is 26.4 Å². The summed E-state index contributed by atoms with van der Waals surface area (Å²) in [5, 5.41) is 0. The lowest BCUT2D eigenvalue weighted by atomic mass is 9.88. The molecule has 12 nitrogen and oxygen atoms in total. The summed E-state index contributed by atoms with van der Waals surface area (Å²) >= 11 is 0. The maximum atomic E-state index is 7.60. The molecule has 9 rings (SSSR count). The molecule has 0 aliphatic heterocycles. The van der Waals surface area contributed by atoms with E-state index in [0.717, 1.165) is 101 Å². The zero-order chi connectivity index (χ0) is 75.6. The predicted molar refractivity (Wildman–Crippen MR) is 445 cm³/mol. The first-order chi connectivity index (χ1) is 53.0. The minimum absolute atomic E-state index is 0. The lowest BCUT2D eigenvalue weighted by molar-refractivity contribution is -0.671. The van der Waals surface area contributed by atoms with Gasteiger partial charge in [-0.25, -0.2) is 36.5 Å². The number of aromatic nitrogens is 8. The number of fused-ring (bicyclic) bond motifs is 8. The number of imidazole rings is 4. The molecule has 1 aliphatic rings. The number of aryl methyl sites for hydroxylation is 4. The van der Waals surface area contributed by atoms with Gasteiger partial charge in [0, 0.05) is 25.7 Å². The zero-order valence-electron chi connectivity index (χ0n) is 71.0. The van der Waals surface area contributed by atoms with Crippen molar-refractivity contribution in [1.29, 1.82) is 0 Å². The topological polar surface area (TPSA) is 72.2 Å². The average Bonchev–Trinajstić information content (AvgIpc) is 0.937. The smallest absolute Gasteiger partial charge is 0.243 e. The van der Waals surface area contributed by atoms with Crippen molar-refractivity contribution in [2.45, 2.75) is 336 Å². The van der Waals surface area contributed by atoms with Gasteiger partial charge in [-0.1, -0.05) is 259 Å². The molecule has 0 saturated carbocycles. The maximum Gasteiger partial charge on any atom is 0.243 e. The zero-order valence-corrected chi connectivity index (χ0v) is 74.1. The monoisotopic (exact) mass is 1620 g/mol. The fourth-order valence-corrected chi connectivity index (χ4v) is 16.6. The third-order valence-electron chi connectivity index (χ3n) is 22.5. The van der Waals surface area contributed by atoms with Gasteiger partial charge in [0.05, 0.1) is 54.6 Å². The van der Waals surface area contributed by atoms with Crippen molar-refractivity contribution in [3.05, 3.63) is 190 Å². The molecule has 0 unspecified atom stereocenters. The standard InChI is InChI=1S/C96H148N8O4.4ClH/c1-9-13-17-21-25-29-33-37-41-45-57-105-93-85-61-81(73-101-53-49-97(5)77-101)62-86(93)70-88-64-83(75-103-55-51-99(7)79-103)66-90(95(88)107-59-47-43-39-35-31-27-23-19-15-11-3)72-92-68-84(76-104-56-52-100(8)80-104)67-91(96(92)108-60-48-44-40-36-32-28-24-20-16-12-4)71-89-65-82(74-102-54-50-98(6)78-102)63-87(69-85)94(89)106-58-46-42-38-34-30-26-22-18-14-10-2;;;;/h49-56,61-68,77-80H,9-48,57-60,69-76H2,1-8H3;4*1H/q+4;;;;/p-4. The van der Waals surface area contributed by atoms with Crippen LogP contribution >= 0.6 is 0 Å². The summed E-state index contributed by atoms with van der Waals surface area (Å²) in [6.45, 7) is 14.9. The number of benzene rings is 4. The van der Waals surface area contributed by atoms with Crippen LogP contribution in [0.4, 0.5) is 0 Å². The molecule has 112 heavy (non-hydrogen) atoms. The van der Waals surface area contributed by atoms with E-state index in [1.165, 1.54) is 272 Å². The van der Waals surface area contributed by atoms with Crippen molar-refractivity contribution in [1.82, 2.24) is 18.3 Å². The van der Waals surface area contributed by atoms with Crippen LogP contribution in [0.15, 0.2) is 123 Å². The average molecular weight is 1620 g/mol. The van der Waals surface area contributed by atoms with E-state index in [1.54, 1.807) is 0 Å². The third kappa shape index (κ3) is 34.9. The Labute approximate surface area is 704 Å². The molecule has 0 saturated heterocycles. The Balaban J connectivity index is 0.00000561. The van der Waals surface area contributed by atoms with Crippen LogP contribution in [0, 0.1) is 0 Å². The molecule has 0 spiro atoms. The number of unbranched alkanes of at least 4 members (excludes halogenated alkanes) is 36. The van der Waals surface area contributed by atoms with E-state index in [0.29, 0.717) is 52.1 Å². The Morgan fingerprint density at radius 1 is 0.232 bits per heavy atom. The van der Waals surface area contributed by atoms with Crippen LogP contribution in [0.2, 0.25) is 0 Å². The van der Waals surface area contributed by atoms with Crippen LogP contribution in [0.25, 0.3) is 0 Å². The molecule has 624 valence electrons. The number of halogens is 4. The predicted octanol–water partition coefficient (Wildman–Crippen LogP) is 10.3. The maximum absolute atomic E-state index is 7.60. The first kappa shape index (κ1) is 96.7. The molecule has 0 amide bonds. The van der Waals surface area contributed by atoms with Crippen LogP contribution in [-0.2, 0) is 80.1 Å². The largest absolute Gasteiger partial charge is 1.00 e. The van der Waals surface area contributed by atoms with Gasteiger partial charge in [-0.2, -0.15) is 0 Å². The van der Waals surface area contributed by atoms with Gasteiger partial charge in [0.25, 0.3) is 0 Å². The molecule has 4 heterocycles. The molecule has 4 aromatic carbocycles. The Morgan fingerprint density at radius 2 is 0.384 bits per heavy atom. The first-order valence-corrected chi connectivity index (χ1v) is 44.2. The highest BCUT2D eigenvalue weighted by Crippen LogP contribution is 2.42. The van der Waals surface area contributed by atoms with Crippen LogP contribution in [0.3, 0.4) is 0 Å². The van der Waals surface area contributed by atoms with Gasteiger partial charge in [-0.05, 0) is 141 Å². The van der Waals surface area contributed by atoms with Gasteiger partial charge in [-0.3, -0.25) is 0 Å². The molecular formula is C96H148Cl4N8O4. The van der Waals surface area contributed by atoms with E-state index in [-0.39, 0.29) is 49.6 Å². The van der Waals surface area contributed by atoms with Crippen LogP contribution in [0.5, 0.6) is 23.0 Å². The Hall–Kier alpha value is -5.92. The number of rotatable bonds is 56. The van der Waals surface area contributed by atoms with Gasteiger partial charge >= 0.3 is 0 Å². The summed E-state index contributed by atoms with van der Waals surface area (Å²) in [6, 6.07) is 20.0. The summed E-state index contributed by atoms with van der Waals surface area (Å²) in [5.74, 6) is 4.08. The van der Waals surface area contributed by atoms with Gasteiger partial charge in [0.1, 0.15) is 98.8 Å². The Bertz CT molecular complexity index is 3240. The van der Waals surface area contributed by atoms with Gasteiger partial charge in [0.15, 0.2) is 0 Å². The van der Waals surface area contributed by atoms with Crippen molar-refractivity contribution in [3.8, 4) is 23.0 Å². The van der Waals surface area contributed by atoms with Gasteiger partial charge in [-0.15, -0.1) is 0 Å². The van der Waals surface area contributed by atoms with Gasteiger partial charge < -0.3 is 68.6 Å². The first-order valence-electron chi connectivity index (χ1n) is 44.2. The summed E-state index contributed by atoms with van der Waals surface area (Å²) in [4.78, 5) is 0. The van der Waals surface area contributed by atoms with Crippen molar-refractivity contribution < 1.29 is 86.8 Å². The normalized spacial score (nSPS) is 11.8. The molecular weight excluding hydrogens is 1470 g/mol. The molecule has 0 fully saturated rings. The lowest BCUT2D eigenvalue weighted by Crippen LogP contribution is -3.00. The Morgan fingerprint density at radius 3 is 0.527 bits per heavy atom. The van der Waals surface area contributed by atoms with E-state index in [2.05, 4.69) is 216 Å². The SMILES string of the molecule is CCCCCCCCCCCCOc1c2cc(Cn3cc[n+](C)c3)cc1Cc1cc(Cn3cc[n+](C)c3)cc(c1OCCCCCCCCCCCC)Cc1cc(Cn3cc[n+](C)c3)cc(c1OCCCCCCCCCCCC)Cc1cc(Cn3cc[n+](C)c3)cc(c1OCCCCCCCCCCCC)C2.[Cl-].[Cl-].[Cl-].[Cl-]. The fourth-order valence-electron chi connectivity index (χ4n) is 16.6. The van der Waals surface area contributed by atoms with Crippen molar-refractivity contribution in [3.63, 3.8) is 0 Å².